The maximum absolute atomic E-state index is 14.0. The molecule has 89 valence electrons. The number of pyridine rings is 1. The molecule has 17 heavy (non-hydrogen) atoms. The first-order valence-electron chi connectivity index (χ1n) is 5.79. The minimum atomic E-state index is -0.258. The molecule has 1 radical (unpaired) electrons. The van der Waals surface area contributed by atoms with Crippen molar-refractivity contribution in [3.8, 4) is 0 Å². The summed E-state index contributed by atoms with van der Waals surface area (Å²) in [5.41, 5.74) is 3.13. The van der Waals surface area contributed by atoms with Crippen molar-refractivity contribution in [3.63, 3.8) is 0 Å². The van der Waals surface area contributed by atoms with Crippen LogP contribution in [0.1, 0.15) is 37.6 Å². The summed E-state index contributed by atoms with van der Waals surface area (Å²) >= 11 is 0. The van der Waals surface area contributed by atoms with Crippen molar-refractivity contribution in [2.75, 3.05) is 0 Å². The lowest BCUT2D eigenvalue weighted by atomic mass is 9.86. The molecule has 0 aliphatic carbocycles. The van der Waals surface area contributed by atoms with Crippen LogP contribution in [0, 0.1) is 25.7 Å². The molecule has 0 unspecified atom stereocenters. The van der Waals surface area contributed by atoms with E-state index >= 15 is 0 Å². The summed E-state index contributed by atoms with van der Waals surface area (Å²) in [5.74, 6) is -0.258. The number of halogens is 1. The summed E-state index contributed by atoms with van der Waals surface area (Å²) in [7, 11) is 0. The largest absolute Gasteiger partial charge is 0.250 e. The van der Waals surface area contributed by atoms with Crippen LogP contribution in [-0.4, -0.2) is 4.98 Å². The lowest BCUT2D eigenvalue weighted by Gasteiger charge is -2.19. The molecule has 0 aliphatic rings. The smallest absolute Gasteiger partial charge is 0.149 e. The molecule has 2 rings (SSSR count). The molecular weight excluding hydrogens is 213 g/mol. The first kappa shape index (κ1) is 12.0. The monoisotopic (exact) mass is 230 g/mol. The Balaban J connectivity index is 2.78. The lowest BCUT2D eigenvalue weighted by molar-refractivity contribution is 0.576. The third kappa shape index (κ3) is 2.17. The van der Waals surface area contributed by atoms with Crippen LogP contribution < -0.4 is 0 Å². The molecule has 1 aromatic carbocycles. The highest BCUT2D eigenvalue weighted by molar-refractivity contribution is 5.80. The van der Waals surface area contributed by atoms with Gasteiger partial charge in [-0.2, -0.15) is 0 Å². The lowest BCUT2D eigenvalue weighted by Crippen LogP contribution is -2.11. The molecule has 0 fully saturated rings. The van der Waals surface area contributed by atoms with Crippen LogP contribution in [0.3, 0.4) is 0 Å². The van der Waals surface area contributed by atoms with E-state index in [1.165, 1.54) is 0 Å². The fourth-order valence-corrected chi connectivity index (χ4v) is 1.79. The van der Waals surface area contributed by atoms with Gasteiger partial charge in [0.1, 0.15) is 11.3 Å². The Labute approximate surface area is 102 Å². The summed E-state index contributed by atoms with van der Waals surface area (Å²) in [6, 6.07) is 6.77. The zero-order chi connectivity index (χ0) is 12.8. The highest BCUT2D eigenvalue weighted by Gasteiger charge is 2.17. The first-order valence-corrected chi connectivity index (χ1v) is 5.79. The van der Waals surface area contributed by atoms with Gasteiger partial charge in [-0.1, -0.05) is 20.8 Å². The Bertz CT molecular complexity index is 579. The Hall–Kier alpha value is -1.44. The van der Waals surface area contributed by atoms with Crippen LogP contribution in [0.4, 0.5) is 4.39 Å². The third-order valence-corrected chi connectivity index (χ3v) is 3.07. The van der Waals surface area contributed by atoms with Gasteiger partial charge in [0.2, 0.25) is 0 Å². The fraction of sp³-hybridized carbons (Fsp3) is 0.400. The summed E-state index contributed by atoms with van der Waals surface area (Å²) in [6.07, 6.45) is 0. The van der Waals surface area contributed by atoms with E-state index < -0.39 is 0 Å². The second-order valence-corrected chi connectivity index (χ2v) is 5.55. The minimum absolute atomic E-state index is 0.0678. The van der Waals surface area contributed by atoms with Gasteiger partial charge in [-0.05, 0) is 48.6 Å². The van der Waals surface area contributed by atoms with Gasteiger partial charge in [-0.3, -0.25) is 0 Å². The predicted molar refractivity (Wildman–Crippen MR) is 68.7 cm³/mol. The highest BCUT2D eigenvalue weighted by Crippen LogP contribution is 2.28. The van der Waals surface area contributed by atoms with Crippen molar-refractivity contribution in [1.82, 2.24) is 4.98 Å². The first-order chi connectivity index (χ1) is 7.79. The number of hydrogen-bond acceptors (Lipinski definition) is 1. The van der Waals surface area contributed by atoms with Gasteiger partial charge in [0.05, 0.1) is 0 Å². The topological polar surface area (TPSA) is 12.9 Å². The van der Waals surface area contributed by atoms with E-state index in [-0.39, 0.29) is 11.2 Å². The number of fused-ring (bicyclic) bond motifs is 1. The van der Waals surface area contributed by atoms with E-state index in [2.05, 4.69) is 31.8 Å². The average molecular weight is 230 g/mol. The van der Waals surface area contributed by atoms with Gasteiger partial charge in [-0.25, -0.2) is 9.37 Å². The zero-order valence-corrected chi connectivity index (χ0v) is 11.0. The molecule has 0 atom stereocenters. The van der Waals surface area contributed by atoms with Crippen LogP contribution in [-0.2, 0) is 5.41 Å². The molecule has 1 nitrogen and oxygen atoms in total. The maximum atomic E-state index is 14.0. The number of aromatic nitrogens is 1. The van der Waals surface area contributed by atoms with E-state index in [0.29, 0.717) is 5.52 Å². The molecule has 0 bridgehead atoms. The molecule has 2 heteroatoms. The number of aryl methyl sites for hydroxylation is 2. The summed E-state index contributed by atoms with van der Waals surface area (Å²) in [6.45, 7) is 10.0. The van der Waals surface area contributed by atoms with Gasteiger partial charge in [0.25, 0.3) is 0 Å². The van der Waals surface area contributed by atoms with E-state index in [1.54, 1.807) is 6.07 Å². The molecule has 0 aliphatic heterocycles. The molecule has 0 spiro atoms. The SMILES string of the molecule is Cc1[c]c2cc(C(C)(C)C)cc(F)c2nc1C. The Morgan fingerprint density at radius 3 is 2.41 bits per heavy atom. The summed E-state index contributed by atoms with van der Waals surface area (Å²) in [5, 5.41) is 0.762. The molecule has 1 aromatic heterocycles. The van der Waals surface area contributed by atoms with Gasteiger partial charge in [-0.15, -0.1) is 0 Å². The number of nitrogens with zero attached hydrogens (tertiary/aromatic N) is 1. The molecule has 0 saturated heterocycles. The van der Waals surface area contributed by atoms with Crippen LogP contribution in [0.2, 0.25) is 0 Å². The second kappa shape index (κ2) is 3.80. The molecule has 0 amide bonds. The second-order valence-electron chi connectivity index (χ2n) is 5.55. The van der Waals surface area contributed by atoms with Gasteiger partial charge >= 0.3 is 0 Å². The minimum Gasteiger partial charge on any atom is -0.250 e. The fourth-order valence-electron chi connectivity index (χ4n) is 1.79. The standard InChI is InChI=1S/C15H17FN/c1-9-6-11-7-12(15(3,4)5)8-13(16)14(11)17-10(9)2/h7-8H,1-5H3. The molecule has 1 heterocycles. The number of benzene rings is 1. The molecule has 0 saturated carbocycles. The number of hydrogen-bond donors (Lipinski definition) is 0. The van der Waals surface area contributed by atoms with Crippen LogP contribution in [0.15, 0.2) is 12.1 Å². The Morgan fingerprint density at radius 2 is 1.82 bits per heavy atom. The average Bonchev–Trinajstić information content (AvgIpc) is 2.19. The Morgan fingerprint density at radius 1 is 1.18 bits per heavy atom. The predicted octanol–water partition coefficient (Wildman–Crippen LogP) is 4.09. The third-order valence-electron chi connectivity index (χ3n) is 3.07. The summed E-state index contributed by atoms with van der Waals surface area (Å²) in [4.78, 5) is 4.29. The van der Waals surface area contributed by atoms with E-state index in [4.69, 9.17) is 0 Å². The normalized spacial score (nSPS) is 12.1. The van der Waals surface area contributed by atoms with E-state index in [9.17, 15) is 4.39 Å². The van der Waals surface area contributed by atoms with E-state index in [0.717, 1.165) is 22.2 Å². The van der Waals surface area contributed by atoms with Crippen molar-refractivity contribution in [3.05, 3.63) is 40.8 Å². The number of rotatable bonds is 0. The van der Waals surface area contributed by atoms with Crippen LogP contribution in [0.5, 0.6) is 0 Å². The van der Waals surface area contributed by atoms with Crippen molar-refractivity contribution in [2.45, 2.75) is 40.0 Å². The van der Waals surface area contributed by atoms with Crippen molar-refractivity contribution in [1.29, 1.82) is 0 Å². The molecule has 0 N–H and O–H groups in total. The van der Waals surface area contributed by atoms with Crippen LogP contribution >= 0.6 is 0 Å². The van der Waals surface area contributed by atoms with Gasteiger partial charge < -0.3 is 0 Å². The van der Waals surface area contributed by atoms with Gasteiger partial charge in [0, 0.05) is 11.1 Å². The van der Waals surface area contributed by atoms with Crippen molar-refractivity contribution in [2.24, 2.45) is 0 Å². The Kier molecular flexibility index (Phi) is 2.69. The highest BCUT2D eigenvalue weighted by atomic mass is 19.1. The quantitative estimate of drug-likeness (QED) is 0.664. The molecule has 2 aromatic rings. The summed E-state index contributed by atoms with van der Waals surface area (Å²) < 4.78 is 14.0. The molecular formula is C15H17FN. The zero-order valence-electron chi connectivity index (χ0n) is 11.0. The van der Waals surface area contributed by atoms with Crippen molar-refractivity contribution >= 4 is 10.9 Å². The van der Waals surface area contributed by atoms with Crippen LogP contribution in [0.25, 0.3) is 10.9 Å². The van der Waals surface area contributed by atoms with Gasteiger partial charge in [0.15, 0.2) is 0 Å². The van der Waals surface area contributed by atoms with Crippen molar-refractivity contribution < 1.29 is 4.39 Å². The maximum Gasteiger partial charge on any atom is 0.149 e. The van der Waals surface area contributed by atoms with E-state index in [1.807, 2.05) is 19.9 Å².